The fraction of sp³-hybridized carbons (Fsp3) is 0.0417. The first-order valence-electron chi connectivity index (χ1n) is 9.26. The minimum Gasteiger partial charge on any atom is -0.457 e. The fourth-order valence-electron chi connectivity index (χ4n) is 2.96. The van der Waals surface area contributed by atoms with Gasteiger partial charge in [0.25, 0.3) is 0 Å². The van der Waals surface area contributed by atoms with E-state index in [-0.39, 0.29) is 17.1 Å². The smallest absolute Gasteiger partial charge is 0.416 e. The van der Waals surface area contributed by atoms with Crippen LogP contribution in [0.4, 0.5) is 13.2 Å². The van der Waals surface area contributed by atoms with E-state index in [1.807, 2.05) is 0 Å². The number of hydrogen-bond donors (Lipinski definition) is 0. The molecule has 2 aromatic carbocycles. The van der Waals surface area contributed by atoms with Crippen LogP contribution in [0, 0.1) is 0 Å². The molecule has 0 fully saturated rings. The molecule has 2 aromatic heterocycles. The molecule has 162 valence electrons. The van der Waals surface area contributed by atoms with Gasteiger partial charge in [0.05, 0.1) is 15.6 Å². The summed E-state index contributed by atoms with van der Waals surface area (Å²) in [5, 5.41) is 0.770. The summed E-state index contributed by atoms with van der Waals surface area (Å²) in [4.78, 5) is 12.4. The summed E-state index contributed by atoms with van der Waals surface area (Å²) in [7, 11) is 0. The average Bonchev–Trinajstić information content (AvgIpc) is 3.44. The molecular formula is C24H13Cl2F3O3. The Balaban J connectivity index is 1.49. The van der Waals surface area contributed by atoms with E-state index in [0.717, 1.165) is 12.1 Å². The number of benzene rings is 2. The van der Waals surface area contributed by atoms with Gasteiger partial charge in [-0.3, -0.25) is 4.79 Å². The van der Waals surface area contributed by atoms with Crippen molar-refractivity contribution in [3.63, 3.8) is 0 Å². The van der Waals surface area contributed by atoms with Gasteiger partial charge in [0.15, 0.2) is 5.76 Å². The van der Waals surface area contributed by atoms with Crippen molar-refractivity contribution in [1.82, 2.24) is 0 Å². The van der Waals surface area contributed by atoms with Gasteiger partial charge in [0.1, 0.15) is 17.3 Å². The van der Waals surface area contributed by atoms with Crippen molar-refractivity contribution in [1.29, 1.82) is 0 Å². The highest BCUT2D eigenvalue weighted by molar-refractivity contribution is 6.42. The molecule has 0 aliphatic carbocycles. The SMILES string of the molecule is O=C(C=Cc1ccc(-c2cccc(C(F)(F)F)c2)o1)c1ccc(-c2ccc(Cl)c(Cl)c2)o1. The predicted octanol–water partition coefficient (Wildman–Crippen LogP) is 8.43. The maximum Gasteiger partial charge on any atom is 0.416 e. The van der Waals surface area contributed by atoms with E-state index in [4.69, 9.17) is 32.0 Å². The number of carbonyl (C=O) groups excluding carboxylic acids is 1. The van der Waals surface area contributed by atoms with Crippen molar-refractivity contribution in [2.45, 2.75) is 6.18 Å². The zero-order valence-electron chi connectivity index (χ0n) is 16.1. The van der Waals surface area contributed by atoms with Crippen molar-refractivity contribution < 1.29 is 26.8 Å². The standard InChI is InChI=1S/C24H13Cl2F3O3/c25-18-7-4-15(13-19(18)26)22-10-11-23(32-22)20(30)8-5-17-6-9-21(31-17)14-2-1-3-16(12-14)24(27,28)29/h1-13H. The van der Waals surface area contributed by atoms with Crippen LogP contribution in [0.15, 0.2) is 81.6 Å². The molecular weight excluding hydrogens is 464 g/mol. The predicted molar refractivity (Wildman–Crippen MR) is 117 cm³/mol. The Morgan fingerprint density at radius 3 is 2.28 bits per heavy atom. The highest BCUT2D eigenvalue weighted by Crippen LogP contribution is 2.33. The molecule has 32 heavy (non-hydrogen) atoms. The van der Waals surface area contributed by atoms with Crippen LogP contribution in [0.1, 0.15) is 21.9 Å². The maximum absolute atomic E-state index is 12.9. The van der Waals surface area contributed by atoms with Gasteiger partial charge < -0.3 is 8.83 Å². The number of rotatable bonds is 5. The lowest BCUT2D eigenvalue weighted by molar-refractivity contribution is -0.137. The molecule has 0 saturated heterocycles. The van der Waals surface area contributed by atoms with Gasteiger partial charge in [-0.05, 0) is 66.7 Å². The first-order valence-corrected chi connectivity index (χ1v) is 10.0. The first kappa shape index (κ1) is 22.0. The van der Waals surface area contributed by atoms with Gasteiger partial charge in [0, 0.05) is 11.1 Å². The molecule has 2 heterocycles. The zero-order valence-corrected chi connectivity index (χ0v) is 17.6. The third-order valence-corrected chi connectivity index (χ3v) is 5.29. The number of alkyl halides is 3. The maximum atomic E-state index is 12.9. The van der Waals surface area contributed by atoms with Crippen molar-refractivity contribution in [3.8, 4) is 22.6 Å². The first-order chi connectivity index (χ1) is 15.2. The summed E-state index contributed by atoms with van der Waals surface area (Å²) < 4.78 is 49.9. The normalized spacial score (nSPS) is 11.9. The summed E-state index contributed by atoms with van der Waals surface area (Å²) >= 11 is 11.9. The lowest BCUT2D eigenvalue weighted by atomic mass is 10.1. The van der Waals surface area contributed by atoms with Gasteiger partial charge in [-0.1, -0.05) is 35.3 Å². The summed E-state index contributed by atoms with van der Waals surface area (Å²) in [5.74, 6) is 0.704. The van der Waals surface area contributed by atoms with Gasteiger partial charge in [-0.25, -0.2) is 0 Å². The van der Waals surface area contributed by atoms with Crippen LogP contribution in [-0.4, -0.2) is 5.78 Å². The number of halogens is 5. The van der Waals surface area contributed by atoms with E-state index in [2.05, 4.69) is 0 Å². The molecule has 4 aromatic rings. The Bertz CT molecular complexity index is 1320. The molecule has 0 aliphatic heterocycles. The van der Waals surface area contributed by atoms with Crippen molar-refractivity contribution in [2.75, 3.05) is 0 Å². The van der Waals surface area contributed by atoms with Crippen molar-refractivity contribution in [2.24, 2.45) is 0 Å². The lowest BCUT2D eigenvalue weighted by Crippen LogP contribution is -2.04. The van der Waals surface area contributed by atoms with E-state index in [9.17, 15) is 18.0 Å². The van der Waals surface area contributed by atoms with Crippen LogP contribution in [-0.2, 0) is 6.18 Å². The lowest BCUT2D eigenvalue weighted by Gasteiger charge is -2.07. The van der Waals surface area contributed by atoms with Gasteiger partial charge >= 0.3 is 6.18 Å². The molecule has 0 unspecified atom stereocenters. The van der Waals surface area contributed by atoms with E-state index >= 15 is 0 Å². The molecule has 0 saturated carbocycles. The number of carbonyl (C=O) groups is 1. The molecule has 3 nitrogen and oxygen atoms in total. The van der Waals surface area contributed by atoms with Crippen LogP contribution in [0.2, 0.25) is 10.0 Å². The summed E-state index contributed by atoms with van der Waals surface area (Å²) in [6.45, 7) is 0. The Morgan fingerprint density at radius 1 is 0.812 bits per heavy atom. The van der Waals surface area contributed by atoms with E-state index in [0.29, 0.717) is 27.1 Å². The highest BCUT2D eigenvalue weighted by Gasteiger charge is 2.30. The number of allylic oxidation sites excluding steroid dienone is 1. The Morgan fingerprint density at radius 2 is 1.53 bits per heavy atom. The second-order valence-electron chi connectivity index (χ2n) is 6.77. The van der Waals surface area contributed by atoms with Crippen LogP contribution in [0.25, 0.3) is 28.7 Å². The number of ketones is 1. The molecule has 0 spiro atoms. The molecule has 4 rings (SSSR count). The quantitative estimate of drug-likeness (QED) is 0.214. The summed E-state index contributed by atoms with van der Waals surface area (Å²) in [6.07, 6.45) is -1.77. The third kappa shape index (κ3) is 4.82. The topological polar surface area (TPSA) is 43.4 Å². The molecule has 0 bridgehead atoms. The second kappa shape index (κ2) is 8.73. The van der Waals surface area contributed by atoms with E-state index in [1.54, 1.807) is 30.3 Å². The van der Waals surface area contributed by atoms with Crippen LogP contribution in [0.5, 0.6) is 0 Å². The zero-order chi connectivity index (χ0) is 22.9. The summed E-state index contributed by atoms with van der Waals surface area (Å²) in [5.41, 5.74) is 0.177. The summed E-state index contributed by atoms with van der Waals surface area (Å²) in [6, 6.07) is 16.1. The highest BCUT2D eigenvalue weighted by atomic mass is 35.5. The minimum absolute atomic E-state index is 0.104. The minimum atomic E-state index is -4.45. The molecule has 0 amide bonds. The molecule has 0 atom stereocenters. The van der Waals surface area contributed by atoms with Gasteiger partial charge in [-0.15, -0.1) is 0 Å². The van der Waals surface area contributed by atoms with Crippen LogP contribution in [0.3, 0.4) is 0 Å². The third-order valence-electron chi connectivity index (χ3n) is 4.55. The van der Waals surface area contributed by atoms with Gasteiger partial charge in [0.2, 0.25) is 5.78 Å². The van der Waals surface area contributed by atoms with Crippen LogP contribution < -0.4 is 0 Å². The Labute approximate surface area is 190 Å². The van der Waals surface area contributed by atoms with E-state index in [1.165, 1.54) is 36.4 Å². The molecule has 0 aliphatic rings. The van der Waals surface area contributed by atoms with Crippen LogP contribution >= 0.6 is 23.2 Å². The Kier molecular flexibility index (Phi) is 6.00. The van der Waals surface area contributed by atoms with Crippen molar-refractivity contribution in [3.05, 3.63) is 99.9 Å². The second-order valence-corrected chi connectivity index (χ2v) is 7.59. The molecule has 8 heteroatoms. The number of hydrogen-bond acceptors (Lipinski definition) is 3. The average molecular weight is 477 g/mol. The Hall–Kier alpha value is -3.22. The molecule has 0 radical (unpaired) electrons. The largest absolute Gasteiger partial charge is 0.457 e. The monoisotopic (exact) mass is 476 g/mol. The van der Waals surface area contributed by atoms with Gasteiger partial charge in [-0.2, -0.15) is 13.2 Å². The number of furan rings is 2. The fourth-order valence-corrected chi connectivity index (χ4v) is 3.26. The molecule has 0 N–H and O–H groups in total. The van der Waals surface area contributed by atoms with E-state index < -0.39 is 17.5 Å². The van der Waals surface area contributed by atoms with Crippen molar-refractivity contribution >= 4 is 35.1 Å².